The molecule has 0 saturated carbocycles. The fraction of sp³-hybridized carbons (Fsp3) is 0.211. The van der Waals surface area contributed by atoms with Gasteiger partial charge in [0.15, 0.2) is 17.3 Å². The number of ether oxygens (including phenoxy) is 2. The highest BCUT2D eigenvalue weighted by molar-refractivity contribution is 6.33. The van der Waals surface area contributed by atoms with E-state index in [4.69, 9.17) is 21.1 Å². The van der Waals surface area contributed by atoms with Gasteiger partial charge in [-0.1, -0.05) is 23.7 Å². The number of allylic oxidation sites excluding steroid dienone is 1. The molecule has 0 aliphatic rings. The van der Waals surface area contributed by atoms with E-state index in [9.17, 15) is 9.90 Å². The number of ketones is 1. The van der Waals surface area contributed by atoms with Crippen molar-refractivity contribution in [1.29, 1.82) is 0 Å². The minimum Gasteiger partial charge on any atom is -0.507 e. The van der Waals surface area contributed by atoms with Gasteiger partial charge in [-0.3, -0.25) is 4.79 Å². The van der Waals surface area contributed by atoms with Crippen LogP contribution in [0.4, 0.5) is 0 Å². The van der Waals surface area contributed by atoms with E-state index in [1.165, 1.54) is 12.1 Å². The summed E-state index contributed by atoms with van der Waals surface area (Å²) in [5.41, 5.74) is 2.28. The first-order valence-corrected chi connectivity index (χ1v) is 7.70. The Balaban J connectivity index is 2.34. The number of aromatic hydroxyl groups is 1. The van der Waals surface area contributed by atoms with Crippen LogP contribution in [0.3, 0.4) is 0 Å². The Labute approximate surface area is 146 Å². The molecule has 0 fully saturated rings. The fourth-order valence-corrected chi connectivity index (χ4v) is 2.61. The number of halogens is 1. The maximum Gasteiger partial charge on any atom is 0.189 e. The van der Waals surface area contributed by atoms with Crippen LogP contribution in [0, 0.1) is 13.8 Å². The summed E-state index contributed by atoms with van der Waals surface area (Å²) < 4.78 is 10.4. The van der Waals surface area contributed by atoms with E-state index in [0.29, 0.717) is 22.1 Å². The summed E-state index contributed by atoms with van der Waals surface area (Å²) in [5, 5.41) is 10.5. The number of benzene rings is 2. The number of aryl methyl sites for hydroxylation is 1. The zero-order valence-corrected chi connectivity index (χ0v) is 14.8. The number of hydrogen-bond acceptors (Lipinski definition) is 4. The standard InChI is InChI=1S/C19H19ClO4/c1-11-9-15(22)18(12(2)19(11)20)14(21)7-5-13-6-8-16(23-3)17(10-13)24-4/h5-10,22H,1-4H3/b7-5+. The second-order valence-corrected chi connectivity index (χ2v) is 5.72. The number of rotatable bonds is 5. The lowest BCUT2D eigenvalue weighted by Gasteiger charge is -2.10. The van der Waals surface area contributed by atoms with E-state index in [1.54, 1.807) is 52.3 Å². The molecule has 0 amide bonds. The van der Waals surface area contributed by atoms with Crippen molar-refractivity contribution in [3.05, 3.63) is 57.6 Å². The summed E-state index contributed by atoms with van der Waals surface area (Å²) in [6.07, 6.45) is 3.05. The van der Waals surface area contributed by atoms with Crippen molar-refractivity contribution in [2.45, 2.75) is 13.8 Å². The quantitative estimate of drug-likeness (QED) is 0.636. The van der Waals surface area contributed by atoms with Crippen LogP contribution in [-0.2, 0) is 0 Å². The first kappa shape index (κ1) is 17.9. The number of methoxy groups -OCH3 is 2. The van der Waals surface area contributed by atoms with Crippen LogP contribution in [-0.4, -0.2) is 25.1 Å². The third kappa shape index (κ3) is 3.54. The Morgan fingerprint density at radius 3 is 2.42 bits per heavy atom. The van der Waals surface area contributed by atoms with Crippen molar-refractivity contribution in [3.63, 3.8) is 0 Å². The molecule has 0 heterocycles. The number of carbonyl (C=O) groups is 1. The number of carbonyl (C=O) groups excluding carboxylic acids is 1. The first-order chi connectivity index (χ1) is 11.4. The van der Waals surface area contributed by atoms with Crippen molar-refractivity contribution in [1.82, 2.24) is 0 Å². The molecule has 0 bridgehead atoms. The van der Waals surface area contributed by atoms with Gasteiger partial charge in [0.25, 0.3) is 0 Å². The van der Waals surface area contributed by atoms with Crippen molar-refractivity contribution in [3.8, 4) is 17.2 Å². The number of phenols is 1. The van der Waals surface area contributed by atoms with Gasteiger partial charge in [0, 0.05) is 5.02 Å². The van der Waals surface area contributed by atoms with E-state index in [1.807, 2.05) is 0 Å². The van der Waals surface area contributed by atoms with Crippen molar-refractivity contribution in [2.75, 3.05) is 14.2 Å². The molecule has 2 aromatic carbocycles. The molecule has 0 spiro atoms. The Morgan fingerprint density at radius 2 is 1.79 bits per heavy atom. The van der Waals surface area contributed by atoms with E-state index in [2.05, 4.69) is 0 Å². The molecule has 5 heteroatoms. The van der Waals surface area contributed by atoms with E-state index in [0.717, 1.165) is 11.1 Å². The van der Waals surface area contributed by atoms with Crippen LogP contribution in [0.5, 0.6) is 17.2 Å². The fourth-order valence-electron chi connectivity index (χ4n) is 2.46. The number of phenolic OH excluding ortho intramolecular Hbond substituents is 1. The van der Waals surface area contributed by atoms with Gasteiger partial charge in [-0.15, -0.1) is 0 Å². The van der Waals surface area contributed by atoms with Gasteiger partial charge in [0.2, 0.25) is 0 Å². The Morgan fingerprint density at radius 1 is 1.12 bits per heavy atom. The smallest absolute Gasteiger partial charge is 0.189 e. The molecule has 2 aromatic rings. The van der Waals surface area contributed by atoms with E-state index < -0.39 is 0 Å². The Hall–Kier alpha value is -2.46. The average molecular weight is 347 g/mol. The Bertz CT molecular complexity index is 809. The highest BCUT2D eigenvalue weighted by Crippen LogP contribution is 2.32. The third-order valence-corrected chi connectivity index (χ3v) is 4.32. The third-order valence-electron chi connectivity index (χ3n) is 3.74. The summed E-state index contributed by atoms with van der Waals surface area (Å²) in [6.45, 7) is 3.50. The second-order valence-electron chi connectivity index (χ2n) is 5.34. The highest BCUT2D eigenvalue weighted by atomic mass is 35.5. The van der Waals surface area contributed by atoms with Crippen LogP contribution in [0.25, 0.3) is 6.08 Å². The molecule has 4 nitrogen and oxygen atoms in total. The maximum absolute atomic E-state index is 12.4. The first-order valence-electron chi connectivity index (χ1n) is 7.32. The van der Waals surface area contributed by atoms with Crippen LogP contribution in [0.15, 0.2) is 30.3 Å². The van der Waals surface area contributed by atoms with Gasteiger partial charge in [-0.05, 0) is 54.8 Å². The second kappa shape index (κ2) is 7.41. The van der Waals surface area contributed by atoms with Gasteiger partial charge in [0.05, 0.1) is 19.8 Å². The average Bonchev–Trinajstić information content (AvgIpc) is 2.57. The Kier molecular flexibility index (Phi) is 5.52. The lowest BCUT2D eigenvalue weighted by molar-refractivity contribution is 0.104. The molecule has 0 atom stereocenters. The molecule has 0 aliphatic heterocycles. The molecular formula is C19H19ClO4. The summed E-state index contributed by atoms with van der Waals surface area (Å²) in [5.74, 6) is 0.794. The van der Waals surface area contributed by atoms with Crippen LogP contribution < -0.4 is 9.47 Å². The summed E-state index contributed by atoms with van der Waals surface area (Å²) >= 11 is 6.17. The predicted molar refractivity (Wildman–Crippen MR) is 95.5 cm³/mol. The molecule has 1 N–H and O–H groups in total. The molecule has 0 aromatic heterocycles. The van der Waals surface area contributed by atoms with Gasteiger partial charge >= 0.3 is 0 Å². The van der Waals surface area contributed by atoms with Crippen LogP contribution >= 0.6 is 11.6 Å². The molecule has 24 heavy (non-hydrogen) atoms. The van der Waals surface area contributed by atoms with Gasteiger partial charge in [0.1, 0.15) is 5.75 Å². The topological polar surface area (TPSA) is 55.8 Å². The summed E-state index contributed by atoms with van der Waals surface area (Å²) in [6, 6.07) is 6.82. The molecule has 126 valence electrons. The van der Waals surface area contributed by atoms with Gasteiger partial charge in [-0.2, -0.15) is 0 Å². The van der Waals surface area contributed by atoms with E-state index in [-0.39, 0.29) is 17.1 Å². The summed E-state index contributed by atoms with van der Waals surface area (Å²) in [4.78, 5) is 12.4. The SMILES string of the molecule is COc1ccc(/C=C/C(=O)c2c(O)cc(C)c(Cl)c2C)cc1OC. The minimum atomic E-state index is -0.318. The molecule has 0 aliphatic carbocycles. The van der Waals surface area contributed by atoms with Crippen molar-refractivity contribution in [2.24, 2.45) is 0 Å². The zero-order valence-electron chi connectivity index (χ0n) is 14.0. The lowest BCUT2D eigenvalue weighted by atomic mass is 9.99. The molecule has 0 saturated heterocycles. The monoisotopic (exact) mass is 346 g/mol. The predicted octanol–water partition coefficient (Wildman–Crippen LogP) is 4.58. The molecule has 0 unspecified atom stereocenters. The minimum absolute atomic E-state index is 0.0728. The molecule has 0 radical (unpaired) electrons. The van der Waals surface area contributed by atoms with Crippen LogP contribution in [0.1, 0.15) is 27.0 Å². The number of hydrogen-bond donors (Lipinski definition) is 1. The largest absolute Gasteiger partial charge is 0.507 e. The van der Waals surface area contributed by atoms with E-state index >= 15 is 0 Å². The lowest BCUT2D eigenvalue weighted by Crippen LogP contribution is -2.00. The highest BCUT2D eigenvalue weighted by Gasteiger charge is 2.16. The van der Waals surface area contributed by atoms with Crippen LogP contribution in [0.2, 0.25) is 5.02 Å². The summed E-state index contributed by atoms with van der Waals surface area (Å²) in [7, 11) is 3.11. The normalized spacial score (nSPS) is 10.9. The van der Waals surface area contributed by atoms with Gasteiger partial charge in [-0.25, -0.2) is 0 Å². The van der Waals surface area contributed by atoms with Crippen molar-refractivity contribution >= 4 is 23.5 Å². The molecular weight excluding hydrogens is 328 g/mol. The van der Waals surface area contributed by atoms with Gasteiger partial charge < -0.3 is 14.6 Å². The molecule has 2 rings (SSSR count). The maximum atomic E-state index is 12.4. The van der Waals surface area contributed by atoms with Crippen molar-refractivity contribution < 1.29 is 19.4 Å². The zero-order chi connectivity index (χ0) is 17.9.